The number of hydrogen-bond acceptors (Lipinski definition) is 6. The zero-order valence-corrected chi connectivity index (χ0v) is 21.2. The first-order valence-electron chi connectivity index (χ1n) is 10.4. The minimum atomic E-state index is -3.85. The van der Waals surface area contributed by atoms with Crippen molar-refractivity contribution in [2.75, 3.05) is 30.4 Å². The number of nitrogens with one attached hydrogen (secondary N) is 1. The highest BCUT2D eigenvalue weighted by Crippen LogP contribution is 2.36. The number of hydrogen-bond donors (Lipinski definition) is 1. The van der Waals surface area contributed by atoms with Crippen LogP contribution in [0.1, 0.15) is 19.4 Å². The minimum absolute atomic E-state index is 0.0232. The fourth-order valence-electron chi connectivity index (χ4n) is 3.39. The highest BCUT2D eigenvalue weighted by Gasteiger charge is 2.31. The van der Waals surface area contributed by atoms with Crippen LogP contribution in [0.25, 0.3) is 0 Å². The van der Waals surface area contributed by atoms with Gasteiger partial charge in [0.25, 0.3) is 0 Å². The van der Waals surface area contributed by atoms with E-state index in [0.717, 1.165) is 4.31 Å². The third-order valence-electron chi connectivity index (χ3n) is 5.39. The molecule has 34 heavy (non-hydrogen) atoms. The average molecular weight is 530 g/mol. The third-order valence-corrected chi connectivity index (χ3v) is 7.72. The number of likely N-dealkylation sites (N-methyl/N-ethyl adjacent to an activating group) is 1. The quantitative estimate of drug-likeness (QED) is 0.535. The molecule has 0 aromatic heterocycles. The van der Waals surface area contributed by atoms with Crippen molar-refractivity contribution in [3.8, 4) is 11.5 Å². The molecule has 184 valence electrons. The molecule has 1 heterocycles. The summed E-state index contributed by atoms with van der Waals surface area (Å²) in [6.07, 6.45) is 0. The first-order valence-corrected chi connectivity index (χ1v) is 12.8. The lowest BCUT2D eigenvalue weighted by Gasteiger charge is -2.31. The van der Waals surface area contributed by atoms with Gasteiger partial charge in [-0.25, -0.2) is 8.42 Å². The molecule has 12 heteroatoms. The predicted molar refractivity (Wildman–Crippen MR) is 130 cm³/mol. The molecule has 3 rings (SSSR count). The molecule has 0 spiro atoms. The Balaban J connectivity index is 1.96. The van der Waals surface area contributed by atoms with Crippen LogP contribution in [0.2, 0.25) is 10.0 Å². The Morgan fingerprint density at radius 1 is 1.12 bits per heavy atom. The van der Waals surface area contributed by atoms with E-state index in [1.165, 1.54) is 37.1 Å². The number of fused-ring (bicyclic) bond motifs is 1. The number of anilines is 1. The maximum Gasteiger partial charge on any atom is 0.244 e. The van der Waals surface area contributed by atoms with Crippen molar-refractivity contribution in [2.45, 2.75) is 26.4 Å². The van der Waals surface area contributed by atoms with E-state index in [0.29, 0.717) is 27.1 Å². The fraction of sp³-hybridized carbons (Fsp3) is 0.364. The Hall–Kier alpha value is -2.69. The van der Waals surface area contributed by atoms with Crippen LogP contribution in [0.15, 0.2) is 36.4 Å². The Morgan fingerprint density at radius 2 is 1.82 bits per heavy atom. The summed E-state index contributed by atoms with van der Waals surface area (Å²) in [5.41, 5.74) is 0.805. The largest absolute Gasteiger partial charge is 0.454 e. The van der Waals surface area contributed by atoms with Crippen LogP contribution < -0.4 is 19.1 Å². The number of amides is 2. The molecular weight excluding hydrogens is 505 g/mol. The van der Waals surface area contributed by atoms with Gasteiger partial charge in [0, 0.05) is 29.7 Å². The number of carbonyl (C=O) groups excluding carboxylic acids is 2. The summed E-state index contributed by atoms with van der Waals surface area (Å²) < 4.78 is 37.5. The lowest BCUT2D eigenvalue weighted by atomic mass is 10.1. The minimum Gasteiger partial charge on any atom is -0.454 e. The summed E-state index contributed by atoms with van der Waals surface area (Å²) in [6, 6.07) is 8.54. The third kappa shape index (κ3) is 5.68. The van der Waals surface area contributed by atoms with Gasteiger partial charge < -0.3 is 19.7 Å². The van der Waals surface area contributed by atoms with Gasteiger partial charge in [0.2, 0.25) is 28.6 Å². The summed E-state index contributed by atoms with van der Waals surface area (Å²) in [6.45, 7) is 2.52. The van der Waals surface area contributed by atoms with Crippen molar-refractivity contribution in [3.05, 3.63) is 52.0 Å². The smallest absolute Gasteiger partial charge is 0.244 e. The second-order valence-corrected chi connectivity index (χ2v) is 10.5. The summed E-state index contributed by atoms with van der Waals surface area (Å²) >= 11 is 12.3. The van der Waals surface area contributed by atoms with Gasteiger partial charge in [-0.3, -0.25) is 13.9 Å². The Kier molecular flexibility index (Phi) is 8.17. The summed E-state index contributed by atoms with van der Waals surface area (Å²) in [5.74, 6) is -0.368. The van der Waals surface area contributed by atoms with Crippen molar-refractivity contribution in [1.82, 2.24) is 10.2 Å². The molecule has 0 saturated heterocycles. The maximum absolute atomic E-state index is 13.5. The van der Waals surface area contributed by atoms with E-state index in [-0.39, 0.29) is 24.8 Å². The van der Waals surface area contributed by atoms with E-state index in [2.05, 4.69) is 5.32 Å². The molecule has 2 aromatic carbocycles. The first-order chi connectivity index (χ1) is 16.1. The van der Waals surface area contributed by atoms with Crippen LogP contribution in [-0.2, 0) is 26.2 Å². The molecular formula is C22H25Cl2N3O6S. The fourth-order valence-corrected chi connectivity index (χ4v) is 4.91. The zero-order chi connectivity index (χ0) is 25.0. The molecule has 2 aromatic rings. The van der Waals surface area contributed by atoms with Crippen LogP contribution in [0, 0.1) is 0 Å². The number of carbonyl (C=O) groups is 2. The number of nitrogens with zero attached hydrogens (tertiary/aromatic N) is 2. The van der Waals surface area contributed by atoms with E-state index in [1.54, 1.807) is 25.1 Å². The normalized spacial score (nSPS) is 13.3. The highest BCUT2D eigenvalue weighted by molar-refractivity contribution is 7.92. The highest BCUT2D eigenvalue weighted by atomic mass is 35.5. The van der Waals surface area contributed by atoms with Gasteiger partial charge >= 0.3 is 0 Å². The molecule has 0 fully saturated rings. The molecule has 0 saturated carbocycles. The average Bonchev–Trinajstić information content (AvgIpc) is 3.28. The number of halogens is 2. The number of sulfonamides is 1. The topological polar surface area (TPSA) is 105 Å². The van der Waals surface area contributed by atoms with E-state index >= 15 is 0 Å². The monoisotopic (exact) mass is 529 g/mol. The molecule has 0 radical (unpaired) electrons. The van der Waals surface area contributed by atoms with Crippen molar-refractivity contribution >= 4 is 50.7 Å². The van der Waals surface area contributed by atoms with Crippen molar-refractivity contribution < 1.29 is 27.5 Å². The molecule has 2 amide bonds. The molecule has 0 bridgehead atoms. The summed E-state index contributed by atoms with van der Waals surface area (Å²) in [5, 5.41) is 3.26. The SMILES string of the molecule is CCS(=O)(=O)N(CC(=O)N(Cc1ccc(Cl)cc1Cl)[C@@H](C)C(=O)NC)c1ccc2c(c1)OCO2. The summed E-state index contributed by atoms with van der Waals surface area (Å²) in [7, 11) is -2.40. The van der Waals surface area contributed by atoms with Crippen LogP contribution in [0.5, 0.6) is 11.5 Å². The standard InChI is InChI=1S/C22H25Cl2N3O6S/c1-4-34(30,31)27(17-7-8-19-20(10-17)33-13-32-19)12-21(28)26(14(2)22(29)25-3)11-15-5-6-16(23)9-18(15)24/h5-10,14H,4,11-13H2,1-3H3,(H,25,29)/t14-/m0/s1. The zero-order valence-electron chi connectivity index (χ0n) is 18.9. The first kappa shape index (κ1) is 25.9. The van der Waals surface area contributed by atoms with Crippen molar-refractivity contribution in [3.63, 3.8) is 0 Å². The van der Waals surface area contributed by atoms with E-state index in [4.69, 9.17) is 32.7 Å². The Labute approximate surface area is 208 Å². The molecule has 0 unspecified atom stereocenters. The molecule has 1 N–H and O–H groups in total. The van der Waals surface area contributed by atoms with Gasteiger partial charge in [0.05, 0.1) is 11.4 Å². The molecule has 0 aliphatic carbocycles. The lowest BCUT2D eigenvalue weighted by Crippen LogP contribution is -2.51. The number of ether oxygens (including phenoxy) is 2. The number of benzene rings is 2. The second-order valence-electron chi connectivity index (χ2n) is 7.49. The summed E-state index contributed by atoms with van der Waals surface area (Å²) in [4.78, 5) is 27.2. The predicted octanol–water partition coefficient (Wildman–Crippen LogP) is 3.04. The lowest BCUT2D eigenvalue weighted by molar-refractivity contribution is -0.139. The van der Waals surface area contributed by atoms with Gasteiger partial charge in [0.15, 0.2) is 11.5 Å². The van der Waals surface area contributed by atoms with Crippen LogP contribution in [-0.4, -0.2) is 57.3 Å². The maximum atomic E-state index is 13.5. The molecule has 1 aliphatic rings. The second kappa shape index (κ2) is 10.7. The van der Waals surface area contributed by atoms with Gasteiger partial charge in [-0.15, -0.1) is 0 Å². The number of rotatable bonds is 9. The molecule has 1 aliphatic heterocycles. The van der Waals surface area contributed by atoms with E-state index < -0.39 is 34.4 Å². The molecule has 1 atom stereocenters. The molecule has 9 nitrogen and oxygen atoms in total. The van der Waals surface area contributed by atoms with E-state index in [9.17, 15) is 18.0 Å². The van der Waals surface area contributed by atoms with Crippen LogP contribution in [0.3, 0.4) is 0 Å². The van der Waals surface area contributed by atoms with Gasteiger partial charge in [0.1, 0.15) is 12.6 Å². The van der Waals surface area contributed by atoms with Gasteiger partial charge in [-0.2, -0.15) is 0 Å². The Bertz CT molecular complexity index is 1190. The van der Waals surface area contributed by atoms with E-state index in [1.807, 2.05) is 0 Å². The van der Waals surface area contributed by atoms with Crippen molar-refractivity contribution in [1.29, 1.82) is 0 Å². The van der Waals surface area contributed by atoms with Crippen molar-refractivity contribution in [2.24, 2.45) is 0 Å². The van der Waals surface area contributed by atoms with Gasteiger partial charge in [-0.05, 0) is 43.7 Å². The van der Waals surface area contributed by atoms with Crippen LogP contribution in [0.4, 0.5) is 5.69 Å². The van der Waals surface area contributed by atoms with Gasteiger partial charge in [-0.1, -0.05) is 29.3 Å². The Morgan fingerprint density at radius 3 is 2.47 bits per heavy atom. The van der Waals surface area contributed by atoms with Crippen LogP contribution >= 0.6 is 23.2 Å².